The average molecular weight is 446 g/mol. The number of halogens is 2. The molecule has 2 atom stereocenters. The van der Waals surface area contributed by atoms with Gasteiger partial charge in [0.2, 0.25) is 0 Å². The highest BCUT2D eigenvalue weighted by atomic mass is 32.2. The van der Waals surface area contributed by atoms with E-state index in [1.165, 1.54) is 16.8 Å². The van der Waals surface area contributed by atoms with Crippen LogP contribution in [0.1, 0.15) is 43.7 Å². The summed E-state index contributed by atoms with van der Waals surface area (Å²) in [7, 11) is 0. The maximum absolute atomic E-state index is 14.6. The van der Waals surface area contributed by atoms with Gasteiger partial charge in [-0.1, -0.05) is 42.1 Å². The van der Waals surface area contributed by atoms with Crippen molar-refractivity contribution < 1.29 is 18.3 Å². The first-order chi connectivity index (χ1) is 14.9. The van der Waals surface area contributed by atoms with Crippen LogP contribution in [0, 0.1) is 11.6 Å². The van der Waals surface area contributed by atoms with Crippen LogP contribution in [0.2, 0.25) is 0 Å². The van der Waals surface area contributed by atoms with E-state index < -0.39 is 22.6 Å². The number of nitrogens with two attached hydrogens (primary N) is 1. The van der Waals surface area contributed by atoms with E-state index in [0.717, 1.165) is 36.6 Å². The fourth-order valence-electron chi connectivity index (χ4n) is 3.64. The zero-order valence-electron chi connectivity index (χ0n) is 17.3. The van der Waals surface area contributed by atoms with Gasteiger partial charge >= 0.3 is 0 Å². The van der Waals surface area contributed by atoms with Crippen molar-refractivity contribution in [2.24, 2.45) is 10.8 Å². The molecule has 0 bridgehead atoms. The predicted molar refractivity (Wildman–Crippen MR) is 117 cm³/mol. The molecule has 8 heteroatoms. The Labute approximate surface area is 184 Å². The van der Waals surface area contributed by atoms with Crippen molar-refractivity contribution in [3.05, 3.63) is 71.3 Å². The number of hydrogen-bond acceptors (Lipinski definition) is 5. The molecule has 2 aromatic rings. The van der Waals surface area contributed by atoms with Crippen LogP contribution in [-0.2, 0) is 14.4 Å². The summed E-state index contributed by atoms with van der Waals surface area (Å²) in [6.07, 6.45) is 2.39. The molecule has 1 heterocycles. The summed E-state index contributed by atoms with van der Waals surface area (Å²) >= 11 is 1.25. The second-order valence-electron chi connectivity index (χ2n) is 7.80. The second kappa shape index (κ2) is 9.06. The summed E-state index contributed by atoms with van der Waals surface area (Å²) in [4.78, 5) is 12.5. The third kappa shape index (κ3) is 4.51. The molecule has 0 saturated heterocycles. The zero-order valence-corrected chi connectivity index (χ0v) is 18.1. The Bertz CT molecular complexity index is 984. The van der Waals surface area contributed by atoms with Crippen LogP contribution in [0.15, 0.2) is 53.6 Å². The van der Waals surface area contributed by atoms with Gasteiger partial charge in [-0.2, -0.15) is 5.10 Å². The number of ether oxygens (including phenoxy) is 1. The molecular formula is C23H25F2N3O2S. The number of amides is 1. The number of benzene rings is 2. The Balaban J connectivity index is 1.79. The van der Waals surface area contributed by atoms with Crippen LogP contribution in [-0.4, -0.2) is 34.7 Å². The first kappa shape index (κ1) is 21.9. The number of hydrazone groups is 1. The van der Waals surface area contributed by atoms with Crippen molar-refractivity contribution >= 4 is 22.7 Å². The molecule has 1 saturated carbocycles. The van der Waals surface area contributed by atoms with Crippen LogP contribution in [0.3, 0.4) is 0 Å². The molecule has 0 aromatic heterocycles. The highest BCUT2D eigenvalue weighted by Gasteiger charge is 2.50. The molecular weight excluding hydrogens is 420 g/mol. The van der Waals surface area contributed by atoms with Crippen LogP contribution < -0.4 is 5.73 Å². The maximum Gasteiger partial charge on any atom is 0.273 e. The van der Waals surface area contributed by atoms with Crippen LogP contribution in [0.5, 0.6) is 0 Å². The summed E-state index contributed by atoms with van der Waals surface area (Å²) in [5.74, 6) is -1.47. The highest BCUT2D eigenvalue weighted by molar-refractivity contribution is 8.15. The lowest BCUT2D eigenvalue weighted by Gasteiger charge is -2.37. The van der Waals surface area contributed by atoms with Gasteiger partial charge in [0.15, 0.2) is 0 Å². The quantitative estimate of drug-likeness (QED) is 0.656. The fourth-order valence-corrected chi connectivity index (χ4v) is 5.06. The van der Waals surface area contributed by atoms with Gasteiger partial charge in [-0.25, -0.2) is 13.8 Å². The highest BCUT2D eigenvalue weighted by Crippen LogP contribution is 2.51. The van der Waals surface area contributed by atoms with Gasteiger partial charge in [-0.3, -0.25) is 4.79 Å². The van der Waals surface area contributed by atoms with Crippen molar-refractivity contribution in [3.8, 4) is 0 Å². The average Bonchev–Trinajstić information content (AvgIpc) is 3.51. The molecule has 4 rings (SSSR count). The molecule has 2 N–H and O–H groups in total. The molecule has 164 valence electrons. The molecule has 1 fully saturated rings. The lowest BCUT2D eigenvalue weighted by atomic mass is 10.00. The normalized spacial score (nSPS) is 21.8. The van der Waals surface area contributed by atoms with E-state index in [1.807, 2.05) is 30.3 Å². The van der Waals surface area contributed by atoms with Gasteiger partial charge < -0.3 is 10.5 Å². The van der Waals surface area contributed by atoms with Gasteiger partial charge in [0.05, 0.1) is 6.10 Å². The second-order valence-corrected chi connectivity index (χ2v) is 9.07. The van der Waals surface area contributed by atoms with Crippen LogP contribution in [0.4, 0.5) is 8.78 Å². The number of thioether (sulfide) groups is 1. The minimum Gasteiger partial charge on any atom is -0.365 e. The van der Waals surface area contributed by atoms with Gasteiger partial charge in [0.25, 0.3) is 5.91 Å². The number of carbonyl (C=O) groups is 1. The molecule has 2 aliphatic rings. The lowest BCUT2D eigenvalue weighted by Crippen LogP contribution is -2.46. The van der Waals surface area contributed by atoms with E-state index in [1.54, 1.807) is 6.92 Å². The first-order valence-corrected chi connectivity index (χ1v) is 11.2. The summed E-state index contributed by atoms with van der Waals surface area (Å²) in [5, 5.41) is 6.18. The van der Waals surface area contributed by atoms with Gasteiger partial charge in [-0.15, -0.1) is 0 Å². The van der Waals surface area contributed by atoms with Gasteiger partial charge in [0, 0.05) is 5.56 Å². The first-order valence-electron chi connectivity index (χ1n) is 10.4. The summed E-state index contributed by atoms with van der Waals surface area (Å²) in [6, 6.07) is 12.7. The van der Waals surface area contributed by atoms with Crippen LogP contribution >= 0.6 is 11.8 Å². The van der Waals surface area contributed by atoms with E-state index in [9.17, 15) is 13.6 Å². The molecule has 31 heavy (non-hydrogen) atoms. The SMILES string of the molecule is C[C@H](OC1CC1)C(=O)N1N=C(c2cc(F)ccc2F)SC1(CCCN)c1ccccc1. The number of nitrogens with zero attached hydrogens (tertiary/aromatic N) is 2. The minimum absolute atomic E-state index is 0.0316. The third-order valence-corrected chi connectivity index (χ3v) is 6.82. The molecule has 5 nitrogen and oxygen atoms in total. The Morgan fingerprint density at radius 1 is 1.29 bits per heavy atom. The molecule has 2 aromatic carbocycles. The number of carbonyl (C=O) groups excluding carboxylic acids is 1. The maximum atomic E-state index is 14.6. The third-order valence-electron chi connectivity index (χ3n) is 5.38. The summed E-state index contributed by atoms with van der Waals surface area (Å²) < 4.78 is 34.3. The van der Waals surface area contributed by atoms with E-state index in [4.69, 9.17) is 10.5 Å². The van der Waals surface area contributed by atoms with Crippen molar-refractivity contribution in [2.45, 2.75) is 49.7 Å². The largest absolute Gasteiger partial charge is 0.365 e. The van der Waals surface area contributed by atoms with E-state index in [2.05, 4.69) is 5.10 Å². The fraction of sp³-hybridized carbons (Fsp3) is 0.391. The molecule has 0 spiro atoms. The standard InChI is InChI=1S/C23H25F2N3O2S/c1-15(30-18-9-10-18)22(29)28-23(12-5-13-26,16-6-3-2-4-7-16)31-21(27-28)19-14-17(24)8-11-20(19)25/h2-4,6-8,11,14-15,18H,5,9-10,12-13,26H2,1H3/t15-,23?/m0/s1. The van der Waals surface area contributed by atoms with Gasteiger partial charge in [-0.05, 0) is 62.9 Å². The monoisotopic (exact) mass is 445 g/mol. The van der Waals surface area contributed by atoms with Crippen molar-refractivity contribution in [2.75, 3.05) is 6.54 Å². The Hall–Kier alpha value is -2.29. The Kier molecular flexibility index (Phi) is 6.41. The molecule has 1 amide bonds. The smallest absolute Gasteiger partial charge is 0.273 e. The van der Waals surface area contributed by atoms with Crippen molar-refractivity contribution in [1.29, 1.82) is 0 Å². The summed E-state index contributed by atoms with van der Waals surface area (Å²) in [5.41, 5.74) is 6.68. The van der Waals surface area contributed by atoms with Crippen molar-refractivity contribution in [3.63, 3.8) is 0 Å². The number of hydrogen-bond donors (Lipinski definition) is 1. The van der Waals surface area contributed by atoms with E-state index in [-0.39, 0.29) is 22.6 Å². The van der Waals surface area contributed by atoms with Crippen molar-refractivity contribution in [1.82, 2.24) is 5.01 Å². The molecule has 1 aliphatic heterocycles. The predicted octanol–water partition coefficient (Wildman–Crippen LogP) is 4.36. The number of rotatable bonds is 8. The zero-order chi connectivity index (χ0) is 22.0. The lowest BCUT2D eigenvalue weighted by molar-refractivity contribution is -0.147. The Morgan fingerprint density at radius 3 is 2.71 bits per heavy atom. The molecule has 1 aliphatic carbocycles. The topological polar surface area (TPSA) is 67.9 Å². The minimum atomic E-state index is -0.924. The van der Waals surface area contributed by atoms with Crippen LogP contribution in [0.25, 0.3) is 0 Å². The Morgan fingerprint density at radius 2 is 2.03 bits per heavy atom. The van der Waals surface area contributed by atoms with E-state index >= 15 is 0 Å². The molecule has 1 unspecified atom stereocenters. The van der Waals surface area contributed by atoms with Gasteiger partial charge in [0.1, 0.15) is 27.7 Å². The van der Waals surface area contributed by atoms with E-state index in [0.29, 0.717) is 19.4 Å². The summed E-state index contributed by atoms with van der Waals surface area (Å²) in [6.45, 7) is 2.13. The molecule has 0 radical (unpaired) electrons.